The maximum atomic E-state index is 4.62. The summed E-state index contributed by atoms with van der Waals surface area (Å²) in [6.07, 6.45) is 2.60. The van der Waals surface area contributed by atoms with Crippen LogP contribution in [0.3, 0.4) is 0 Å². The summed E-state index contributed by atoms with van der Waals surface area (Å²) in [6, 6.07) is 8.35. The van der Waals surface area contributed by atoms with E-state index in [1.807, 2.05) is 17.8 Å². The summed E-state index contributed by atoms with van der Waals surface area (Å²) >= 11 is 3.65. The second-order valence-corrected chi connectivity index (χ2v) is 7.45. The van der Waals surface area contributed by atoms with Gasteiger partial charge in [0.05, 0.1) is 10.2 Å². The molecule has 4 heteroatoms. The van der Waals surface area contributed by atoms with Gasteiger partial charge in [-0.05, 0) is 37.4 Å². The summed E-state index contributed by atoms with van der Waals surface area (Å²) < 4.78 is 2.47. The van der Waals surface area contributed by atoms with Crippen molar-refractivity contribution in [1.29, 1.82) is 0 Å². The van der Waals surface area contributed by atoms with Gasteiger partial charge in [0, 0.05) is 12.3 Å². The SMILES string of the molecule is CC(C)CCCNCCSc1nc2ccccc2s1. The van der Waals surface area contributed by atoms with E-state index in [4.69, 9.17) is 0 Å². The number of fused-ring (bicyclic) bond motifs is 1. The Hall–Kier alpha value is -0.580. The largest absolute Gasteiger partial charge is 0.316 e. The molecule has 1 aromatic carbocycles. The van der Waals surface area contributed by atoms with Gasteiger partial charge in [0.2, 0.25) is 0 Å². The highest BCUT2D eigenvalue weighted by Crippen LogP contribution is 2.28. The summed E-state index contributed by atoms with van der Waals surface area (Å²) in [5.41, 5.74) is 1.12. The van der Waals surface area contributed by atoms with Gasteiger partial charge >= 0.3 is 0 Å². The Kier molecular flexibility index (Phi) is 6.14. The van der Waals surface area contributed by atoms with Crippen LogP contribution in [0.5, 0.6) is 0 Å². The summed E-state index contributed by atoms with van der Waals surface area (Å²) in [6.45, 7) is 6.77. The third-order valence-electron chi connectivity index (χ3n) is 2.91. The Morgan fingerprint density at radius 2 is 2.11 bits per heavy atom. The molecule has 0 atom stereocenters. The molecule has 1 N–H and O–H groups in total. The summed E-state index contributed by atoms with van der Waals surface area (Å²) in [7, 11) is 0. The molecular weight excluding hydrogens is 272 g/mol. The molecule has 0 aliphatic carbocycles. The molecule has 0 radical (unpaired) electrons. The van der Waals surface area contributed by atoms with E-state index >= 15 is 0 Å². The highest BCUT2D eigenvalue weighted by molar-refractivity contribution is 8.01. The van der Waals surface area contributed by atoms with Crippen LogP contribution in [0.4, 0.5) is 0 Å². The van der Waals surface area contributed by atoms with Crippen LogP contribution in [0.25, 0.3) is 10.2 Å². The lowest BCUT2D eigenvalue weighted by Gasteiger charge is -2.05. The molecule has 0 amide bonds. The van der Waals surface area contributed by atoms with E-state index in [1.54, 1.807) is 11.3 Å². The molecule has 2 rings (SSSR count). The van der Waals surface area contributed by atoms with E-state index in [1.165, 1.54) is 21.9 Å². The molecule has 0 spiro atoms. The van der Waals surface area contributed by atoms with Crippen LogP contribution >= 0.6 is 23.1 Å². The van der Waals surface area contributed by atoms with Gasteiger partial charge in [0.15, 0.2) is 4.34 Å². The van der Waals surface area contributed by atoms with Gasteiger partial charge in [-0.25, -0.2) is 4.98 Å². The zero-order valence-corrected chi connectivity index (χ0v) is 13.3. The van der Waals surface area contributed by atoms with Crippen LogP contribution in [0.1, 0.15) is 26.7 Å². The fourth-order valence-corrected chi connectivity index (χ4v) is 3.92. The number of aromatic nitrogens is 1. The van der Waals surface area contributed by atoms with Crippen LogP contribution in [-0.2, 0) is 0 Å². The predicted molar refractivity (Wildman–Crippen MR) is 87.3 cm³/mol. The fourth-order valence-electron chi connectivity index (χ4n) is 1.88. The molecule has 1 aromatic heterocycles. The van der Waals surface area contributed by atoms with E-state index in [9.17, 15) is 0 Å². The van der Waals surface area contributed by atoms with E-state index < -0.39 is 0 Å². The Morgan fingerprint density at radius 3 is 2.89 bits per heavy atom. The van der Waals surface area contributed by atoms with Gasteiger partial charge in [0.1, 0.15) is 0 Å². The van der Waals surface area contributed by atoms with Crippen molar-refractivity contribution in [3.8, 4) is 0 Å². The molecule has 1 heterocycles. The van der Waals surface area contributed by atoms with E-state index in [0.717, 1.165) is 30.3 Å². The van der Waals surface area contributed by atoms with Crippen molar-refractivity contribution in [2.75, 3.05) is 18.8 Å². The fraction of sp³-hybridized carbons (Fsp3) is 0.533. The quantitative estimate of drug-likeness (QED) is 0.576. The molecule has 2 nitrogen and oxygen atoms in total. The monoisotopic (exact) mass is 294 g/mol. The second-order valence-electron chi connectivity index (χ2n) is 5.08. The van der Waals surface area contributed by atoms with Crippen molar-refractivity contribution >= 4 is 33.3 Å². The zero-order valence-electron chi connectivity index (χ0n) is 11.7. The molecular formula is C15H22N2S2. The van der Waals surface area contributed by atoms with Gasteiger partial charge in [-0.3, -0.25) is 0 Å². The summed E-state index contributed by atoms with van der Waals surface area (Å²) in [4.78, 5) is 4.62. The normalized spacial score (nSPS) is 11.5. The average molecular weight is 294 g/mol. The van der Waals surface area contributed by atoms with E-state index in [-0.39, 0.29) is 0 Å². The van der Waals surface area contributed by atoms with Crippen molar-refractivity contribution in [2.24, 2.45) is 5.92 Å². The average Bonchev–Trinajstić information content (AvgIpc) is 2.79. The van der Waals surface area contributed by atoms with Crippen LogP contribution < -0.4 is 5.32 Å². The summed E-state index contributed by atoms with van der Waals surface area (Å²) in [5.74, 6) is 1.92. The summed E-state index contributed by atoms with van der Waals surface area (Å²) in [5, 5.41) is 3.50. The predicted octanol–water partition coefficient (Wildman–Crippen LogP) is 4.41. The van der Waals surface area contributed by atoms with Crippen molar-refractivity contribution in [3.05, 3.63) is 24.3 Å². The number of hydrogen-bond donors (Lipinski definition) is 1. The Bertz CT molecular complexity index is 461. The van der Waals surface area contributed by atoms with Crippen LogP contribution in [0, 0.1) is 5.92 Å². The third-order valence-corrected chi connectivity index (χ3v) is 5.09. The van der Waals surface area contributed by atoms with Gasteiger partial charge in [-0.15, -0.1) is 11.3 Å². The van der Waals surface area contributed by atoms with Gasteiger partial charge in [-0.2, -0.15) is 0 Å². The van der Waals surface area contributed by atoms with Crippen molar-refractivity contribution in [3.63, 3.8) is 0 Å². The van der Waals surface area contributed by atoms with Crippen molar-refractivity contribution in [1.82, 2.24) is 10.3 Å². The molecule has 0 bridgehead atoms. The Balaban J connectivity index is 1.63. The molecule has 0 aliphatic heterocycles. The first-order valence-electron chi connectivity index (χ1n) is 6.95. The first-order chi connectivity index (χ1) is 9.25. The number of nitrogens with one attached hydrogen (secondary N) is 1. The lowest BCUT2D eigenvalue weighted by molar-refractivity contribution is 0.534. The van der Waals surface area contributed by atoms with E-state index in [0.29, 0.717) is 0 Å². The molecule has 104 valence electrons. The standard InChI is InChI=1S/C15H22N2S2/c1-12(2)6-5-9-16-10-11-18-15-17-13-7-3-4-8-14(13)19-15/h3-4,7-8,12,16H,5-6,9-11H2,1-2H3. The number of benzene rings is 1. The minimum absolute atomic E-state index is 0.818. The molecule has 0 unspecified atom stereocenters. The number of thiazole rings is 1. The maximum Gasteiger partial charge on any atom is 0.151 e. The first-order valence-corrected chi connectivity index (χ1v) is 8.75. The van der Waals surface area contributed by atoms with Crippen molar-refractivity contribution in [2.45, 2.75) is 31.0 Å². The van der Waals surface area contributed by atoms with E-state index in [2.05, 4.69) is 42.3 Å². The highest BCUT2D eigenvalue weighted by atomic mass is 32.2. The Morgan fingerprint density at radius 1 is 1.26 bits per heavy atom. The number of hydrogen-bond acceptors (Lipinski definition) is 4. The minimum Gasteiger partial charge on any atom is -0.316 e. The molecule has 0 fully saturated rings. The Labute approximate surface area is 124 Å². The smallest absolute Gasteiger partial charge is 0.151 e. The van der Waals surface area contributed by atoms with Crippen LogP contribution in [0.2, 0.25) is 0 Å². The number of nitrogens with zero attached hydrogens (tertiary/aromatic N) is 1. The molecule has 0 saturated heterocycles. The highest BCUT2D eigenvalue weighted by Gasteiger charge is 2.02. The van der Waals surface area contributed by atoms with Crippen LogP contribution in [-0.4, -0.2) is 23.8 Å². The molecule has 2 aromatic rings. The number of rotatable bonds is 8. The number of para-hydroxylation sites is 1. The molecule has 0 saturated carbocycles. The molecule has 19 heavy (non-hydrogen) atoms. The maximum absolute atomic E-state index is 4.62. The first kappa shape index (κ1) is 14.8. The second kappa shape index (κ2) is 7.88. The lowest BCUT2D eigenvalue weighted by Crippen LogP contribution is -2.18. The minimum atomic E-state index is 0.818. The van der Waals surface area contributed by atoms with Crippen LogP contribution in [0.15, 0.2) is 28.6 Å². The number of thioether (sulfide) groups is 1. The topological polar surface area (TPSA) is 24.9 Å². The third kappa shape index (κ3) is 5.13. The lowest BCUT2D eigenvalue weighted by atomic mass is 10.1. The van der Waals surface area contributed by atoms with Gasteiger partial charge in [-0.1, -0.05) is 37.7 Å². The van der Waals surface area contributed by atoms with Crippen molar-refractivity contribution < 1.29 is 0 Å². The zero-order chi connectivity index (χ0) is 13.5. The molecule has 0 aliphatic rings. The van der Waals surface area contributed by atoms with Gasteiger partial charge in [0.25, 0.3) is 0 Å². The van der Waals surface area contributed by atoms with Gasteiger partial charge < -0.3 is 5.32 Å².